The molecule has 0 heterocycles. The third-order valence-electron chi connectivity index (χ3n) is 2.90. The monoisotopic (exact) mass is 244 g/mol. The largest absolute Gasteiger partial charge is 0.478 e. The summed E-state index contributed by atoms with van der Waals surface area (Å²) in [5.74, 6) is -1.26. The van der Waals surface area contributed by atoms with Crippen molar-refractivity contribution in [2.45, 2.75) is 13.8 Å². The first-order chi connectivity index (χ1) is 8.49. The van der Waals surface area contributed by atoms with Gasteiger partial charge in [-0.25, -0.2) is 9.18 Å². The molecule has 1 N–H and O–H groups in total. The van der Waals surface area contributed by atoms with Crippen LogP contribution in [0, 0.1) is 19.7 Å². The Hall–Kier alpha value is -2.16. The lowest BCUT2D eigenvalue weighted by atomic mass is 9.96. The number of aryl methyl sites for hydroxylation is 1. The Kier molecular flexibility index (Phi) is 3.15. The maximum Gasteiger partial charge on any atom is 0.335 e. The van der Waals surface area contributed by atoms with Gasteiger partial charge in [0.2, 0.25) is 0 Å². The van der Waals surface area contributed by atoms with Crippen molar-refractivity contribution in [3.63, 3.8) is 0 Å². The molecule has 0 atom stereocenters. The van der Waals surface area contributed by atoms with Crippen LogP contribution in [0.3, 0.4) is 0 Å². The summed E-state index contributed by atoms with van der Waals surface area (Å²) in [4.78, 5) is 11.0. The molecular weight excluding hydrogens is 231 g/mol. The molecule has 0 bridgehead atoms. The van der Waals surface area contributed by atoms with Crippen molar-refractivity contribution in [1.29, 1.82) is 0 Å². The Morgan fingerprint density at radius 3 is 2.56 bits per heavy atom. The number of carbonyl (C=O) groups is 1. The van der Waals surface area contributed by atoms with Gasteiger partial charge in [-0.3, -0.25) is 0 Å². The third-order valence-corrected chi connectivity index (χ3v) is 2.90. The predicted octanol–water partition coefficient (Wildman–Crippen LogP) is 3.81. The average Bonchev–Trinajstić information content (AvgIpc) is 2.31. The van der Waals surface area contributed by atoms with E-state index in [0.717, 1.165) is 16.7 Å². The van der Waals surface area contributed by atoms with E-state index in [1.807, 2.05) is 13.0 Å². The number of carboxylic acid groups (broad SMARTS) is 1. The third kappa shape index (κ3) is 2.25. The van der Waals surface area contributed by atoms with E-state index in [0.29, 0.717) is 5.56 Å². The van der Waals surface area contributed by atoms with Crippen molar-refractivity contribution in [3.05, 3.63) is 58.9 Å². The lowest BCUT2D eigenvalue weighted by Crippen LogP contribution is -1.98. The summed E-state index contributed by atoms with van der Waals surface area (Å²) in [5, 5.41) is 9.03. The molecule has 18 heavy (non-hydrogen) atoms. The normalized spacial score (nSPS) is 10.4. The molecule has 0 aliphatic carbocycles. The Morgan fingerprint density at radius 1 is 1.17 bits per heavy atom. The van der Waals surface area contributed by atoms with Crippen LogP contribution < -0.4 is 0 Å². The fourth-order valence-electron chi connectivity index (χ4n) is 1.98. The molecule has 2 aromatic rings. The predicted molar refractivity (Wildman–Crippen MR) is 68.3 cm³/mol. The van der Waals surface area contributed by atoms with Gasteiger partial charge in [-0.2, -0.15) is 0 Å². The molecule has 0 aliphatic rings. The van der Waals surface area contributed by atoms with E-state index in [-0.39, 0.29) is 11.4 Å². The molecule has 0 saturated heterocycles. The summed E-state index contributed by atoms with van der Waals surface area (Å²) < 4.78 is 13.5. The SMILES string of the molecule is Cc1cc(C(=O)O)cc(-c2cccc(F)c2C)c1. The van der Waals surface area contributed by atoms with E-state index in [9.17, 15) is 9.18 Å². The Labute approximate surface area is 105 Å². The molecule has 0 aliphatic heterocycles. The number of halogens is 1. The Bertz CT molecular complexity index is 618. The van der Waals surface area contributed by atoms with Crippen LogP contribution in [0.2, 0.25) is 0 Å². The van der Waals surface area contributed by atoms with Crippen molar-refractivity contribution in [1.82, 2.24) is 0 Å². The topological polar surface area (TPSA) is 37.3 Å². The van der Waals surface area contributed by atoms with Gasteiger partial charge in [0.15, 0.2) is 0 Å². The van der Waals surface area contributed by atoms with Gasteiger partial charge in [-0.1, -0.05) is 18.2 Å². The lowest BCUT2D eigenvalue weighted by molar-refractivity contribution is 0.0697. The van der Waals surface area contributed by atoms with Crippen LogP contribution in [0.25, 0.3) is 11.1 Å². The van der Waals surface area contributed by atoms with Crippen molar-refractivity contribution in [2.75, 3.05) is 0 Å². The van der Waals surface area contributed by atoms with Crippen LogP contribution in [0.4, 0.5) is 4.39 Å². The fourth-order valence-corrected chi connectivity index (χ4v) is 1.98. The molecule has 92 valence electrons. The summed E-state index contributed by atoms with van der Waals surface area (Å²) in [5.41, 5.74) is 3.03. The summed E-state index contributed by atoms with van der Waals surface area (Å²) in [6, 6.07) is 9.83. The van der Waals surface area contributed by atoms with Gasteiger partial charge in [-0.15, -0.1) is 0 Å². The zero-order valence-electron chi connectivity index (χ0n) is 10.2. The van der Waals surface area contributed by atoms with Gasteiger partial charge in [0, 0.05) is 0 Å². The summed E-state index contributed by atoms with van der Waals surface area (Å²) >= 11 is 0. The van der Waals surface area contributed by atoms with Crippen molar-refractivity contribution >= 4 is 5.97 Å². The highest BCUT2D eigenvalue weighted by atomic mass is 19.1. The molecule has 0 spiro atoms. The second-order valence-electron chi connectivity index (χ2n) is 4.31. The van der Waals surface area contributed by atoms with Crippen LogP contribution in [-0.4, -0.2) is 11.1 Å². The maximum absolute atomic E-state index is 13.5. The van der Waals surface area contributed by atoms with Crippen molar-refractivity contribution in [3.8, 4) is 11.1 Å². The van der Waals surface area contributed by atoms with E-state index in [2.05, 4.69) is 0 Å². The number of aromatic carboxylic acids is 1. The molecule has 3 heteroatoms. The minimum atomic E-state index is -0.978. The molecule has 2 nitrogen and oxygen atoms in total. The Morgan fingerprint density at radius 2 is 1.89 bits per heavy atom. The minimum Gasteiger partial charge on any atom is -0.478 e. The molecule has 2 aromatic carbocycles. The quantitative estimate of drug-likeness (QED) is 0.872. The highest BCUT2D eigenvalue weighted by molar-refractivity contribution is 5.90. The highest BCUT2D eigenvalue weighted by Gasteiger charge is 2.10. The van der Waals surface area contributed by atoms with E-state index >= 15 is 0 Å². The number of hydrogen-bond donors (Lipinski definition) is 1. The molecule has 0 radical (unpaired) electrons. The molecule has 2 rings (SSSR count). The zero-order chi connectivity index (χ0) is 13.3. The first-order valence-corrected chi connectivity index (χ1v) is 5.59. The van der Waals surface area contributed by atoms with Gasteiger partial charge < -0.3 is 5.11 Å². The van der Waals surface area contributed by atoms with Gasteiger partial charge in [0.05, 0.1) is 5.56 Å². The van der Waals surface area contributed by atoms with Crippen LogP contribution in [0.1, 0.15) is 21.5 Å². The van der Waals surface area contributed by atoms with Crippen LogP contribution in [0.15, 0.2) is 36.4 Å². The number of carboxylic acids is 1. The van der Waals surface area contributed by atoms with E-state index < -0.39 is 5.97 Å². The van der Waals surface area contributed by atoms with Gasteiger partial charge >= 0.3 is 5.97 Å². The molecule has 0 aromatic heterocycles. The fraction of sp³-hybridized carbons (Fsp3) is 0.133. The number of hydrogen-bond acceptors (Lipinski definition) is 1. The second kappa shape index (κ2) is 4.61. The van der Waals surface area contributed by atoms with Crippen molar-refractivity contribution in [2.24, 2.45) is 0 Å². The molecule has 0 unspecified atom stereocenters. The second-order valence-corrected chi connectivity index (χ2v) is 4.31. The van der Waals surface area contributed by atoms with Crippen LogP contribution >= 0.6 is 0 Å². The highest BCUT2D eigenvalue weighted by Crippen LogP contribution is 2.27. The Balaban J connectivity index is 2.64. The van der Waals surface area contributed by atoms with Gasteiger partial charge in [-0.05, 0) is 54.3 Å². The van der Waals surface area contributed by atoms with E-state index in [1.165, 1.54) is 6.07 Å². The first kappa shape index (κ1) is 12.3. The zero-order valence-corrected chi connectivity index (χ0v) is 10.2. The molecular formula is C15H13FO2. The van der Waals surface area contributed by atoms with Crippen LogP contribution in [0.5, 0.6) is 0 Å². The summed E-state index contributed by atoms with van der Waals surface area (Å²) in [7, 11) is 0. The van der Waals surface area contributed by atoms with E-state index in [1.54, 1.807) is 31.2 Å². The maximum atomic E-state index is 13.5. The first-order valence-electron chi connectivity index (χ1n) is 5.59. The number of rotatable bonds is 2. The van der Waals surface area contributed by atoms with Crippen molar-refractivity contribution < 1.29 is 14.3 Å². The van der Waals surface area contributed by atoms with E-state index in [4.69, 9.17) is 5.11 Å². The molecule has 0 fully saturated rings. The average molecular weight is 244 g/mol. The standard InChI is InChI=1S/C15H13FO2/c1-9-6-11(8-12(7-9)15(17)18)13-4-3-5-14(16)10(13)2/h3-8H,1-2H3,(H,17,18). The summed E-state index contributed by atoms with van der Waals surface area (Å²) in [6.07, 6.45) is 0. The minimum absolute atomic E-state index is 0.216. The summed E-state index contributed by atoms with van der Waals surface area (Å²) in [6.45, 7) is 3.51. The molecule has 0 amide bonds. The van der Waals surface area contributed by atoms with Gasteiger partial charge in [0.25, 0.3) is 0 Å². The number of benzene rings is 2. The molecule has 0 saturated carbocycles. The smallest absolute Gasteiger partial charge is 0.335 e. The van der Waals surface area contributed by atoms with Crippen LogP contribution in [-0.2, 0) is 0 Å². The lowest BCUT2D eigenvalue weighted by Gasteiger charge is -2.09. The van der Waals surface area contributed by atoms with Gasteiger partial charge in [0.1, 0.15) is 5.82 Å².